The van der Waals surface area contributed by atoms with Crippen molar-refractivity contribution in [2.24, 2.45) is 0 Å². The lowest BCUT2D eigenvalue weighted by Crippen LogP contribution is -2.24. The number of hydrogen-bond acceptors (Lipinski definition) is 7. The summed E-state index contributed by atoms with van der Waals surface area (Å²) in [6.07, 6.45) is 0. The second-order valence-corrected chi connectivity index (χ2v) is 6.68. The predicted octanol–water partition coefficient (Wildman–Crippen LogP) is 1.70. The van der Waals surface area contributed by atoms with E-state index in [2.05, 4.69) is 30.8 Å². The molecule has 10 heteroatoms. The van der Waals surface area contributed by atoms with E-state index in [0.29, 0.717) is 11.6 Å². The molecule has 0 saturated heterocycles. The third kappa shape index (κ3) is 2.34. The first-order valence-electron chi connectivity index (χ1n) is 8.95. The summed E-state index contributed by atoms with van der Waals surface area (Å²) in [6, 6.07) is 15.1. The van der Waals surface area contributed by atoms with E-state index in [1.165, 1.54) is 4.68 Å². The molecule has 0 aliphatic carbocycles. The van der Waals surface area contributed by atoms with Gasteiger partial charge in [0.15, 0.2) is 11.6 Å². The zero-order valence-electron chi connectivity index (χ0n) is 15.4. The minimum absolute atomic E-state index is 0.238. The Balaban J connectivity index is 1.54. The van der Waals surface area contributed by atoms with Crippen LogP contribution in [0, 0.1) is 0 Å². The third-order valence-electron chi connectivity index (χ3n) is 4.98. The van der Waals surface area contributed by atoms with Crippen LogP contribution in [0.3, 0.4) is 0 Å². The number of hydrogen-bond donors (Lipinski definition) is 1. The van der Waals surface area contributed by atoms with Gasteiger partial charge in [0.05, 0.1) is 11.0 Å². The number of para-hydroxylation sites is 2. The number of rotatable bonds is 4. The first-order chi connectivity index (χ1) is 13.6. The molecule has 28 heavy (non-hydrogen) atoms. The molecule has 10 nitrogen and oxygen atoms in total. The van der Waals surface area contributed by atoms with Crippen LogP contribution in [0.4, 0.5) is 0 Å². The molecular weight excluding hydrogens is 356 g/mol. The van der Waals surface area contributed by atoms with E-state index in [4.69, 9.17) is 5.84 Å². The summed E-state index contributed by atoms with van der Waals surface area (Å²) in [5, 5.41) is 25.6. The Morgan fingerprint density at radius 3 is 1.57 bits per heavy atom. The van der Waals surface area contributed by atoms with E-state index < -0.39 is 0 Å². The second-order valence-electron chi connectivity index (χ2n) is 6.68. The number of benzene rings is 2. The van der Waals surface area contributed by atoms with Crippen LogP contribution in [0.25, 0.3) is 22.1 Å². The zero-order valence-corrected chi connectivity index (χ0v) is 15.4. The number of fused-ring (bicyclic) bond motifs is 2. The van der Waals surface area contributed by atoms with Gasteiger partial charge in [-0.3, -0.25) is 0 Å². The zero-order chi connectivity index (χ0) is 19.3. The summed E-state index contributed by atoms with van der Waals surface area (Å²) in [5.74, 6) is 7.54. The normalized spacial score (nSPS) is 13.9. The standard InChI is InChI=1S/C18H18N10/c1-11(27-15-9-5-3-7-13(15)20-24-27)17-22-23-18(26(17)19)12(2)28-16-10-6-4-8-14(16)21-25-28/h3-12H,19H2,1-2H3. The molecule has 3 heterocycles. The molecular formula is C18H18N10. The van der Waals surface area contributed by atoms with E-state index in [-0.39, 0.29) is 12.1 Å². The van der Waals surface area contributed by atoms with Gasteiger partial charge in [-0.25, -0.2) is 14.0 Å². The Labute approximate surface area is 159 Å². The summed E-state index contributed by atoms with van der Waals surface area (Å²) in [7, 11) is 0. The van der Waals surface area contributed by atoms with Crippen molar-refractivity contribution in [2.45, 2.75) is 25.9 Å². The molecule has 5 aromatic rings. The molecule has 0 aliphatic rings. The van der Waals surface area contributed by atoms with Gasteiger partial charge in [-0.2, -0.15) is 0 Å². The van der Waals surface area contributed by atoms with Crippen LogP contribution < -0.4 is 5.84 Å². The van der Waals surface area contributed by atoms with Crippen LogP contribution in [0.15, 0.2) is 48.5 Å². The Morgan fingerprint density at radius 2 is 1.11 bits per heavy atom. The predicted molar refractivity (Wildman–Crippen MR) is 103 cm³/mol. The molecule has 140 valence electrons. The Kier molecular flexibility index (Phi) is 3.57. The molecule has 5 rings (SSSR count). The van der Waals surface area contributed by atoms with Crippen LogP contribution in [0.2, 0.25) is 0 Å². The van der Waals surface area contributed by atoms with Crippen molar-refractivity contribution in [2.75, 3.05) is 5.84 Å². The van der Waals surface area contributed by atoms with Crippen molar-refractivity contribution in [3.63, 3.8) is 0 Å². The van der Waals surface area contributed by atoms with Crippen molar-refractivity contribution in [1.82, 2.24) is 44.9 Å². The molecule has 3 aromatic heterocycles. The van der Waals surface area contributed by atoms with Gasteiger partial charge >= 0.3 is 0 Å². The minimum atomic E-state index is -0.238. The number of aromatic nitrogens is 9. The van der Waals surface area contributed by atoms with Crippen molar-refractivity contribution in [3.05, 3.63) is 60.2 Å². The van der Waals surface area contributed by atoms with Crippen molar-refractivity contribution in [3.8, 4) is 0 Å². The molecule has 0 amide bonds. The molecule has 0 spiro atoms. The van der Waals surface area contributed by atoms with Crippen molar-refractivity contribution >= 4 is 22.1 Å². The van der Waals surface area contributed by atoms with Crippen LogP contribution in [0.5, 0.6) is 0 Å². The first-order valence-corrected chi connectivity index (χ1v) is 8.95. The van der Waals surface area contributed by atoms with Crippen LogP contribution in [-0.4, -0.2) is 44.9 Å². The molecule has 0 fully saturated rings. The summed E-state index contributed by atoms with van der Waals surface area (Å²) < 4.78 is 5.09. The molecule has 0 saturated carbocycles. The van der Waals surface area contributed by atoms with Crippen molar-refractivity contribution in [1.29, 1.82) is 0 Å². The summed E-state index contributed by atoms with van der Waals surface area (Å²) in [5.41, 5.74) is 3.46. The van der Waals surface area contributed by atoms with E-state index in [1.807, 2.05) is 62.4 Å². The van der Waals surface area contributed by atoms with Crippen LogP contribution in [0.1, 0.15) is 37.6 Å². The lowest BCUT2D eigenvalue weighted by atomic mass is 10.2. The fourth-order valence-corrected chi connectivity index (χ4v) is 3.45. The minimum Gasteiger partial charge on any atom is -0.336 e. The van der Waals surface area contributed by atoms with Gasteiger partial charge in [-0.05, 0) is 38.1 Å². The Morgan fingerprint density at radius 1 is 0.679 bits per heavy atom. The highest BCUT2D eigenvalue weighted by molar-refractivity contribution is 5.74. The fraction of sp³-hybridized carbons (Fsp3) is 0.222. The van der Waals surface area contributed by atoms with E-state index in [1.54, 1.807) is 9.36 Å². The highest BCUT2D eigenvalue weighted by Crippen LogP contribution is 2.24. The number of nitrogens with two attached hydrogens (primary N) is 1. The maximum atomic E-state index is 6.37. The molecule has 2 aromatic carbocycles. The van der Waals surface area contributed by atoms with Gasteiger partial charge in [-0.15, -0.1) is 20.4 Å². The second kappa shape index (κ2) is 6.12. The average Bonchev–Trinajstić information content (AvgIpc) is 3.43. The fourth-order valence-electron chi connectivity index (χ4n) is 3.45. The van der Waals surface area contributed by atoms with Crippen molar-refractivity contribution < 1.29 is 0 Å². The van der Waals surface area contributed by atoms with Crippen LogP contribution in [-0.2, 0) is 0 Å². The summed E-state index contributed by atoms with van der Waals surface area (Å²) >= 11 is 0. The van der Waals surface area contributed by atoms with E-state index >= 15 is 0 Å². The largest absolute Gasteiger partial charge is 0.336 e. The number of nitrogen functional groups attached to an aromatic ring is 1. The maximum Gasteiger partial charge on any atom is 0.176 e. The van der Waals surface area contributed by atoms with E-state index in [9.17, 15) is 0 Å². The summed E-state index contributed by atoms with van der Waals surface area (Å²) in [6.45, 7) is 3.93. The summed E-state index contributed by atoms with van der Waals surface area (Å²) in [4.78, 5) is 0. The monoisotopic (exact) mass is 374 g/mol. The Hall–Kier alpha value is -3.82. The van der Waals surface area contributed by atoms with Crippen LogP contribution >= 0.6 is 0 Å². The smallest absolute Gasteiger partial charge is 0.176 e. The number of nitrogens with zero attached hydrogens (tertiary/aromatic N) is 9. The van der Waals surface area contributed by atoms with Gasteiger partial charge in [0.1, 0.15) is 23.1 Å². The SMILES string of the molecule is CC(c1nnc(C(C)n2nnc3ccccc32)n1N)n1nnc2ccccc21. The lowest BCUT2D eigenvalue weighted by molar-refractivity contribution is 0.501. The van der Waals surface area contributed by atoms with Gasteiger partial charge in [0, 0.05) is 0 Å². The molecule has 2 N–H and O–H groups in total. The molecule has 0 radical (unpaired) electrons. The highest BCUT2D eigenvalue weighted by atomic mass is 15.5. The highest BCUT2D eigenvalue weighted by Gasteiger charge is 2.25. The molecule has 2 unspecified atom stereocenters. The van der Waals surface area contributed by atoms with Gasteiger partial charge in [0.25, 0.3) is 0 Å². The van der Waals surface area contributed by atoms with Gasteiger partial charge in [-0.1, -0.05) is 34.7 Å². The third-order valence-corrected chi connectivity index (χ3v) is 4.98. The lowest BCUT2D eigenvalue weighted by Gasteiger charge is -2.15. The topological polar surface area (TPSA) is 118 Å². The quantitative estimate of drug-likeness (QED) is 0.476. The van der Waals surface area contributed by atoms with Gasteiger partial charge < -0.3 is 5.84 Å². The first kappa shape index (κ1) is 16.4. The maximum absolute atomic E-state index is 6.37. The average molecular weight is 374 g/mol. The van der Waals surface area contributed by atoms with E-state index in [0.717, 1.165) is 22.1 Å². The Bertz CT molecular complexity index is 1180. The molecule has 2 atom stereocenters. The van der Waals surface area contributed by atoms with Gasteiger partial charge in [0.2, 0.25) is 0 Å². The molecule has 0 bridgehead atoms. The molecule has 0 aliphatic heterocycles.